The average molecular weight is 477 g/mol. The molecule has 0 amide bonds. The van der Waals surface area contributed by atoms with Crippen molar-refractivity contribution < 1.29 is 9.47 Å². The van der Waals surface area contributed by atoms with E-state index in [2.05, 4.69) is 26.0 Å². The molecule has 0 saturated carbocycles. The Bertz CT molecular complexity index is 1020. The lowest BCUT2D eigenvalue weighted by atomic mass is 10.3. The quantitative estimate of drug-likeness (QED) is 0.161. The van der Waals surface area contributed by atoms with Crippen molar-refractivity contribution in [2.24, 2.45) is 0 Å². The summed E-state index contributed by atoms with van der Waals surface area (Å²) in [7, 11) is 3.31. The van der Waals surface area contributed by atoms with Gasteiger partial charge in [-0.3, -0.25) is 0 Å². The Balaban J connectivity index is 1.46. The first-order valence-corrected chi connectivity index (χ1v) is 14.0. The number of benzene rings is 2. The summed E-state index contributed by atoms with van der Waals surface area (Å²) in [6.07, 6.45) is 4.36. The van der Waals surface area contributed by atoms with Gasteiger partial charge >= 0.3 is 0 Å². The van der Waals surface area contributed by atoms with E-state index in [0.717, 1.165) is 79.5 Å². The predicted octanol–water partition coefficient (Wildman–Crippen LogP) is 8.06. The van der Waals surface area contributed by atoms with Gasteiger partial charge in [-0.05, 0) is 58.7 Å². The van der Waals surface area contributed by atoms with E-state index in [9.17, 15) is 0 Å². The third-order valence-electron chi connectivity index (χ3n) is 4.42. The van der Waals surface area contributed by atoms with E-state index in [-0.39, 0.29) is 0 Å². The Morgan fingerprint density at radius 1 is 0.733 bits per heavy atom. The fourth-order valence-corrected chi connectivity index (χ4v) is 7.35. The Labute approximate surface area is 192 Å². The fraction of sp³-hybridized carbons (Fsp3) is 0.364. The van der Waals surface area contributed by atoms with Crippen LogP contribution in [0.1, 0.15) is 39.5 Å². The molecule has 8 heteroatoms. The van der Waals surface area contributed by atoms with Crippen LogP contribution in [0.3, 0.4) is 0 Å². The number of para-hydroxylation sites is 2. The van der Waals surface area contributed by atoms with Crippen molar-refractivity contribution in [3.63, 3.8) is 0 Å². The lowest BCUT2D eigenvalue weighted by molar-refractivity contribution is 0.312. The number of thiazole rings is 2. The van der Waals surface area contributed by atoms with Crippen molar-refractivity contribution in [2.45, 2.75) is 48.2 Å². The summed E-state index contributed by atoms with van der Waals surface area (Å²) in [5.74, 6) is 1.76. The summed E-state index contributed by atoms with van der Waals surface area (Å²) in [4.78, 5) is 9.63. The Morgan fingerprint density at radius 2 is 1.20 bits per heavy atom. The SMILES string of the molecule is CCCCOc1cccc2sc(SSc3nc4c(OCCCC)cccc4s3)nc12. The highest BCUT2D eigenvalue weighted by Gasteiger charge is 2.13. The van der Waals surface area contributed by atoms with Crippen LogP contribution in [0.2, 0.25) is 0 Å². The summed E-state index contributed by atoms with van der Waals surface area (Å²) in [6, 6.07) is 12.3. The highest BCUT2D eigenvalue weighted by molar-refractivity contribution is 8.77. The number of ether oxygens (including phenoxy) is 2. The number of unbranched alkanes of at least 4 members (excludes halogenated alkanes) is 2. The van der Waals surface area contributed by atoms with Crippen LogP contribution in [0.25, 0.3) is 20.4 Å². The fourth-order valence-electron chi connectivity index (χ4n) is 2.83. The maximum atomic E-state index is 5.93. The molecule has 0 spiro atoms. The molecule has 2 aromatic carbocycles. The number of aromatic nitrogens is 2. The zero-order valence-electron chi connectivity index (χ0n) is 17.1. The maximum Gasteiger partial charge on any atom is 0.162 e. The Hall–Kier alpha value is -1.48. The first-order chi connectivity index (χ1) is 14.8. The summed E-state index contributed by atoms with van der Waals surface area (Å²) in [5, 5.41) is 0. The molecule has 0 aliphatic heterocycles. The molecule has 2 heterocycles. The van der Waals surface area contributed by atoms with Crippen molar-refractivity contribution in [1.29, 1.82) is 0 Å². The van der Waals surface area contributed by atoms with Crippen molar-refractivity contribution in [2.75, 3.05) is 13.2 Å². The first kappa shape index (κ1) is 21.7. The highest BCUT2D eigenvalue weighted by Crippen LogP contribution is 2.45. The lowest BCUT2D eigenvalue weighted by Gasteiger charge is -2.05. The molecule has 2 aromatic heterocycles. The third kappa shape index (κ3) is 5.22. The monoisotopic (exact) mass is 476 g/mol. The van der Waals surface area contributed by atoms with Gasteiger partial charge in [-0.1, -0.05) is 38.8 Å². The van der Waals surface area contributed by atoms with Gasteiger partial charge in [0.2, 0.25) is 0 Å². The smallest absolute Gasteiger partial charge is 0.162 e. The van der Waals surface area contributed by atoms with Crippen LogP contribution < -0.4 is 9.47 Å². The van der Waals surface area contributed by atoms with Crippen molar-refractivity contribution in [3.05, 3.63) is 36.4 Å². The van der Waals surface area contributed by atoms with Crippen molar-refractivity contribution in [1.82, 2.24) is 9.97 Å². The number of hydrogen-bond acceptors (Lipinski definition) is 8. The number of fused-ring (bicyclic) bond motifs is 2. The zero-order chi connectivity index (χ0) is 20.8. The van der Waals surface area contributed by atoms with Gasteiger partial charge in [0.15, 0.2) is 8.68 Å². The molecule has 0 atom stereocenters. The number of hydrogen-bond donors (Lipinski definition) is 0. The van der Waals surface area contributed by atoms with Crippen molar-refractivity contribution in [3.8, 4) is 11.5 Å². The molecule has 0 bridgehead atoms. The van der Waals surface area contributed by atoms with E-state index in [1.807, 2.05) is 24.3 Å². The molecule has 0 saturated heterocycles. The second-order valence-corrected chi connectivity index (χ2v) is 11.4. The second kappa shape index (κ2) is 10.7. The van der Waals surface area contributed by atoms with Crippen LogP contribution in [0.4, 0.5) is 0 Å². The molecule has 4 aromatic rings. The van der Waals surface area contributed by atoms with Gasteiger partial charge in [0.25, 0.3) is 0 Å². The minimum absolute atomic E-state index is 0.735. The van der Waals surface area contributed by atoms with Crippen LogP contribution in [0.15, 0.2) is 45.1 Å². The zero-order valence-corrected chi connectivity index (χ0v) is 20.3. The largest absolute Gasteiger partial charge is 0.491 e. The molecule has 4 rings (SSSR count). The van der Waals surface area contributed by atoms with Gasteiger partial charge in [0.05, 0.1) is 22.6 Å². The molecular formula is C22H24N2O2S4. The normalized spacial score (nSPS) is 11.4. The van der Waals surface area contributed by atoms with Crippen LogP contribution in [-0.2, 0) is 0 Å². The minimum atomic E-state index is 0.735. The molecule has 0 fully saturated rings. The number of rotatable bonds is 11. The Kier molecular flexibility index (Phi) is 7.76. The Morgan fingerprint density at radius 3 is 1.63 bits per heavy atom. The highest BCUT2D eigenvalue weighted by atomic mass is 33.1. The molecule has 0 radical (unpaired) electrons. The van der Waals surface area contributed by atoms with Gasteiger partial charge in [-0.2, -0.15) is 0 Å². The van der Waals surface area contributed by atoms with Gasteiger partial charge < -0.3 is 9.47 Å². The standard InChI is InChI=1S/C22H24N2O2S4/c1-3-5-13-25-15-9-7-11-17-19(15)23-21(27-17)29-30-22-24-20-16(26-14-6-4-2)10-8-12-18(20)28-22/h7-12H,3-6,13-14H2,1-2H3. The minimum Gasteiger partial charge on any atom is -0.491 e. The van der Waals surface area contributed by atoms with E-state index in [1.165, 1.54) is 0 Å². The third-order valence-corrected chi connectivity index (χ3v) is 9.43. The second-order valence-electron chi connectivity index (χ2n) is 6.74. The van der Waals surface area contributed by atoms with Gasteiger partial charge in [0, 0.05) is 0 Å². The van der Waals surface area contributed by atoms with Crippen LogP contribution in [0.5, 0.6) is 11.5 Å². The molecular weight excluding hydrogens is 453 g/mol. The molecule has 0 unspecified atom stereocenters. The van der Waals surface area contributed by atoms with E-state index in [1.54, 1.807) is 44.3 Å². The molecule has 0 aliphatic rings. The van der Waals surface area contributed by atoms with E-state index in [0.29, 0.717) is 0 Å². The molecule has 30 heavy (non-hydrogen) atoms. The van der Waals surface area contributed by atoms with Crippen LogP contribution >= 0.6 is 44.3 Å². The van der Waals surface area contributed by atoms with E-state index >= 15 is 0 Å². The van der Waals surface area contributed by atoms with Crippen LogP contribution in [-0.4, -0.2) is 23.2 Å². The summed E-state index contributed by atoms with van der Waals surface area (Å²) >= 11 is 3.39. The molecule has 0 N–H and O–H groups in total. The summed E-state index contributed by atoms with van der Waals surface area (Å²) in [6.45, 7) is 5.81. The van der Waals surface area contributed by atoms with E-state index in [4.69, 9.17) is 19.4 Å². The maximum absolute atomic E-state index is 5.93. The molecule has 158 valence electrons. The summed E-state index contributed by atoms with van der Waals surface area (Å²) < 4.78 is 16.2. The molecule has 0 aliphatic carbocycles. The molecule has 4 nitrogen and oxygen atoms in total. The van der Waals surface area contributed by atoms with Crippen LogP contribution in [0, 0.1) is 0 Å². The van der Waals surface area contributed by atoms with Gasteiger partial charge in [0.1, 0.15) is 22.5 Å². The van der Waals surface area contributed by atoms with Crippen molar-refractivity contribution >= 4 is 64.7 Å². The number of nitrogens with zero attached hydrogens (tertiary/aromatic N) is 2. The van der Waals surface area contributed by atoms with Gasteiger partial charge in [-0.25, -0.2) is 9.97 Å². The lowest BCUT2D eigenvalue weighted by Crippen LogP contribution is -1.96. The van der Waals surface area contributed by atoms with E-state index < -0.39 is 0 Å². The predicted molar refractivity (Wildman–Crippen MR) is 132 cm³/mol. The summed E-state index contributed by atoms with van der Waals surface area (Å²) in [5.41, 5.74) is 1.91. The first-order valence-electron chi connectivity index (χ1n) is 10.2. The topological polar surface area (TPSA) is 44.2 Å². The van der Waals surface area contributed by atoms with Gasteiger partial charge in [-0.15, -0.1) is 22.7 Å². The average Bonchev–Trinajstić information content (AvgIpc) is 3.37.